The Morgan fingerprint density at radius 1 is 1.38 bits per heavy atom. The van der Waals surface area contributed by atoms with E-state index in [1.807, 2.05) is 0 Å². The highest BCUT2D eigenvalue weighted by Gasteiger charge is 2.18. The number of hydrogen-bond acceptors (Lipinski definition) is 4. The fourth-order valence-corrected chi connectivity index (χ4v) is 3.36. The zero-order valence-corrected chi connectivity index (χ0v) is 14.4. The quantitative estimate of drug-likeness (QED) is 0.758. The average molecular weight is 356 g/mol. The van der Waals surface area contributed by atoms with Crippen LogP contribution in [0, 0.1) is 5.82 Å². The van der Waals surface area contributed by atoms with Crippen molar-refractivity contribution in [2.75, 3.05) is 13.2 Å². The number of halogens is 1. The van der Waals surface area contributed by atoms with Gasteiger partial charge in [-0.1, -0.05) is 0 Å². The number of benzene rings is 1. The van der Waals surface area contributed by atoms with Crippen LogP contribution in [0.25, 0.3) is 0 Å². The number of aryl methyl sites for hydroxylation is 1. The molecular formula is C16H21FN2O4S. The molecule has 1 atom stereocenters. The number of rotatable bonds is 8. The van der Waals surface area contributed by atoms with Crippen molar-refractivity contribution < 1.29 is 22.7 Å². The molecule has 1 heterocycles. The minimum atomic E-state index is -3.85. The first-order valence-electron chi connectivity index (χ1n) is 7.56. The summed E-state index contributed by atoms with van der Waals surface area (Å²) in [5.41, 5.74) is 0.696. The molecule has 1 aromatic heterocycles. The molecule has 8 heteroatoms. The zero-order chi connectivity index (χ0) is 17.7. The predicted octanol–water partition coefficient (Wildman–Crippen LogP) is 1.96. The smallest absolute Gasteiger partial charge is 0.240 e. The van der Waals surface area contributed by atoms with Crippen LogP contribution in [-0.4, -0.2) is 31.2 Å². The van der Waals surface area contributed by atoms with Crippen molar-refractivity contribution >= 4 is 10.0 Å². The van der Waals surface area contributed by atoms with E-state index in [0.29, 0.717) is 5.69 Å². The van der Waals surface area contributed by atoms with Gasteiger partial charge < -0.3 is 14.4 Å². The van der Waals surface area contributed by atoms with E-state index in [0.717, 1.165) is 6.07 Å². The summed E-state index contributed by atoms with van der Waals surface area (Å²) in [7, 11) is -2.06. The Hall–Kier alpha value is -1.90. The van der Waals surface area contributed by atoms with Gasteiger partial charge in [0.15, 0.2) is 11.6 Å². The summed E-state index contributed by atoms with van der Waals surface area (Å²) in [5.74, 6) is -0.723. The van der Waals surface area contributed by atoms with Gasteiger partial charge in [0.2, 0.25) is 10.0 Å². The Kier molecular flexibility index (Phi) is 5.98. The number of ether oxygens (including phenoxy) is 1. The molecule has 132 valence electrons. The van der Waals surface area contributed by atoms with Gasteiger partial charge in [-0.05, 0) is 43.7 Å². The van der Waals surface area contributed by atoms with Crippen LogP contribution in [0.5, 0.6) is 5.75 Å². The fourth-order valence-electron chi connectivity index (χ4n) is 2.30. The normalized spacial score (nSPS) is 13.0. The number of hydrogen-bond donors (Lipinski definition) is 2. The van der Waals surface area contributed by atoms with E-state index in [1.165, 1.54) is 12.1 Å². The highest BCUT2D eigenvalue weighted by atomic mass is 32.2. The summed E-state index contributed by atoms with van der Waals surface area (Å²) in [6, 6.07) is 7.05. The number of aliphatic hydroxyl groups is 1. The summed E-state index contributed by atoms with van der Waals surface area (Å²) in [5, 5.41) is 10.1. The molecule has 0 aliphatic carbocycles. The monoisotopic (exact) mass is 356 g/mol. The molecular weight excluding hydrogens is 335 g/mol. The molecule has 0 amide bonds. The molecule has 2 aromatic rings. The lowest BCUT2D eigenvalue weighted by Crippen LogP contribution is -2.26. The summed E-state index contributed by atoms with van der Waals surface area (Å²) >= 11 is 0. The summed E-state index contributed by atoms with van der Waals surface area (Å²) in [4.78, 5) is -0.184. The van der Waals surface area contributed by atoms with E-state index in [1.54, 1.807) is 36.9 Å². The molecule has 0 fully saturated rings. The second-order valence-corrected chi connectivity index (χ2v) is 7.04. The molecule has 24 heavy (non-hydrogen) atoms. The molecule has 0 spiro atoms. The lowest BCUT2D eigenvalue weighted by Gasteiger charge is -2.13. The molecule has 6 nitrogen and oxygen atoms in total. The van der Waals surface area contributed by atoms with Gasteiger partial charge >= 0.3 is 0 Å². The number of nitrogens with zero attached hydrogens (tertiary/aromatic N) is 1. The van der Waals surface area contributed by atoms with Gasteiger partial charge in [-0.3, -0.25) is 0 Å². The molecule has 0 radical (unpaired) electrons. The molecule has 2 rings (SSSR count). The standard InChI is InChI=1S/C16H21FN2O4S/c1-3-23-16-7-6-12(11-13(16)17)24(21,22)18-9-8-15(20)14-5-4-10-19(14)2/h4-7,10-11,15,18,20H,3,8-9H2,1-2H3. The van der Waals surface area contributed by atoms with Crippen molar-refractivity contribution in [3.05, 3.63) is 48.0 Å². The van der Waals surface area contributed by atoms with E-state index >= 15 is 0 Å². The van der Waals surface area contributed by atoms with E-state index in [-0.39, 0.29) is 30.2 Å². The van der Waals surface area contributed by atoms with Crippen LogP contribution in [0.4, 0.5) is 4.39 Å². The number of sulfonamides is 1. The van der Waals surface area contributed by atoms with Gasteiger partial charge in [-0.25, -0.2) is 17.5 Å². The molecule has 0 aliphatic rings. The Bertz CT molecular complexity index is 789. The molecule has 0 bridgehead atoms. The van der Waals surface area contributed by atoms with Crippen molar-refractivity contribution in [1.29, 1.82) is 0 Å². The zero-order valence-electron chi connectivity index (χ0n) is 13.6. The van der Waals surface area contributed by atoms with Crippen LogP contribution in [0.2, 0.25) is 0 Å². The van der Waals surface area contributed by atoms with Crippen LogP contribution in [0.3, 0.4) is 0 Å². The first-order chi connectivity index (χ1) is 11.3. The minimum Gasteiger partial charge on any atom is -0.491 e. The number of aromatic nitrogens is 1. The first kappa shape index (κ1) is 18.4. The summed E-state index contributed by atoms with van der Waals surface area (Å²) in [6.07, 6.45) is 1.21. The highest BCUT2D eigenvalue weighted by Crippen LogP contribution is 2.21. The van der Waals surface area contributed by atoms with Crippen LogP contribution in [0.15, 0.2) is 41.4 Å². The summed E-state index contributed by atoms with van der Waals surface area (Å²) < 4.78 is 47.3. The Morgan fingerprint density at radius 3 is 2.71 bits per heavy atom. The molecule has 0 saturated carbocycles. The maximum Gasteiger partial charge on any atom is 0.240 e. The van der Waals surface area contributed by atoms with Crippen molar-refractivity contribution in [3.63, 3.8) is 0 Å². The molecule has 1 aromatic carbocycles. The lowest BCUT2D eigenvalue weighted by atomic mass is 10.2. The Morgan fingerprint density at radius 2 is 2.12 bits per heavy atom. The predicted molar refractivity (Wildman–Crippen MR) is 87.7 cm³/mol. The van der Waals surface area contributed by atoms with Gasteiger partial charge in [-0.15, -0.1) is 0 Å². The summed E-state index contributed by atoms with van der Waals surface area (Å²) in [6.45, 7) is 2.03. The average Bonchev–Trinajstić information content (AvgIpc) is 2.95. The molecule has 2 N–H and O–H groups in total. The highest BCUT2D eigenvalue weighted by molar-refractivity contribution is 7.89. The largest absolute Gasteiger partial charge is 0.491 e. The second kappa shape index (κ2) is 7.78. The Balaban J connectivity index is 1.98. The van der Waals surface area contributed by atoms with Gasteiger partial charge in [0, 0.05) is 25.5 Å². The van der Waals surface area contributed by atoms with Gasteiger partial charge in [0.05, 0.1) is 17.6 Å². The first-order valence-corrected chi connectivity index (χ1v) is 9.04. The SMILES string of the molecule is CCOc1ccc(S(=O)(=O)NCCC(O)c2cccn2C)cc1F. The van der Waals surface area contributed by atoms with Crippen LogP contribution in [-0.2, 0) is 17.1 Å². The van der Waals surface area contributed by atoms with Crippen LogP contribution >= 0.6 is 0 Å². The number of nitrogens with one attached hydrogen (secondary N) is 1. The van der Waals surface area contributed by atoms with Gasteiger partial charge in [0.1, 0.15) is 0 Å². The lowest BCUT2D eigenvalue weighted by molar-refractivity contribution is 0.161. The third-order valence-electron chi connectivity index (χ3n) is 3.55. The van der Waals surface area contributed by atoms with E-state index in [9.17, 15) is 17.9 Å². The maximum atomic E-state index is 13.8. The second-order valence-electron chi connectivity index (χ2n) is 5.27. The van der Waals surface area contributed by atoms with E-state index < -0.39 is 21.9 Å². The Labute approximate surface area is 140 Å². The van der Waals surface area contributed by atoms with Crippen molar-refractivity contribution in [2.45, 2.75) is 24.3 Å². The van der Waals surface area contributed by atoms with Crippen molar-refractivity contribution in [2.24, 2.45) is 7.05 Å². The van der Waals surface area contributed by atoms with Crippen molar-refractivity contribution in [3.8, 4) is 5.75 Å². The topological polar surface area (TPSA) is 80.6 Å². The van der Waals surface area contributed by atoms with Crippen LogP contribution in [0.1, 0.15) is 25.1 Å². The fraction of sp³-hybridized carbons (Fsp3) is 0.375. The van der Waals surface area contributed by atoms with Gasteiger partial charge in [0.25, 0.3) is 0 Å². The van der Waals surface area contributed by atoms with E-state index in [2.05, 4.69) is 4.72 Å². The third-order valence-corrected chi connectivity index (χ3v) is 5.01. The minimum absolute atomic E-state index is 0.00980. The van der Waals surface area contributed by atoms with Crippen LogP contribution < -0.4 is 9.46 Å². The maximum absolute atomic E-state index is 13.8. The van der Waals surface area contributed by atoms with Crippen molar-refractivity contribution in [1.82, 2.24) is 9.29 Å². The van der Waals surface area contributed by atoms with Gasteiger partial charge in [-0.2, -0.15) is 0 Å². The van der Waals surface area contributed by atoms with E-state index in [4.69, 9.17) is 4.74 Å². The number of aliphatic hydroxyl groups excluding tert-OH is 1. The molecule has 0 saturated heterocycles. The molecule has 0 aliphatic heterocycles. The molecule has 1 unspecified atom stereocenters. The third kappa shape index (κ3) is 4.34.